The standard InChI is InChI=1S/C18H24BrF3N2O3/c1-17(2,3)27-16(25)23-14-6-8-24(9-7-14)11-12-10-13(19)4-5-15(12)26-18(20,21)22/h4-5,10,14H,6-9,11H2,1-3H3,(H,23,25). The van der Waals surface area contributed by atoms with Crippen molar-refractivity contribution in [3.63, 3.8) is 0 Å². The quantitative estimate of drug-likeness (QED) is 0.710. The zero-order valence-electron chi connectivity index (χ0n) is 15.5. The predicted molar refractivity (Wildman–Crippen MR) is 98.5 cm³/mol. The van der Waals surface area contributed by atoms with Crippen LogP contribution in [0.5, 0.6) is 5.75 Å². The van der Waals surface area contributed by atoms with E-state index in [4.69, 9.17) is 4.74 Å². The number of amides is 1. The van der Waals surface area contributed by atoms with Gasteiger partial charge >= 0.3 is 12.5 Å². The summed E-state index contributed by atoms with van der Waals surface area (Å²) in [6, 6.07) is 4.45. The van der Waals surface area contributed by atoms with Gasteiger partial charge in [-0.25, -0.2) is 4.79 Å². The van der Waals surface area contributed by atoms with Crippen LogP contribution in [-0.4, -0.2) is 42.1 Å². The Balaban J connectivity index is 1.90. The maximum Gasteiger partial charge on any atom is 0.573 e. The number of alkyl halides is 3. The highest BCUT2D eigenvalue weighted by Crippen LogP contribution is 2.30. The van der Waals surface area contributed by atoms with Crippen LogP contribution in [0.1, 0.15) is 39.2 Å². The molecule has 0 aliphatic carbocycles. The average Bonchev–Trinajstić information content (AvgIpc) is 2.49. The third kappa shape index (κ3) is 7.96. The van der Waals surface area contributed by atoms with E-state index in [2.05, 4.69) is 26.0 Å². The van der Waals surface area contributed by atoms with Crippen molar-refractivity contribution >= 4 is 22.0 Å². The maximum absolute atomic E-state index is 12.6. The fourth-order valence-electron chi connectivity index (χ4n) is 2.85. The molecule has 1 aromatic rings. The van der Waals surface area contributed by atoms with Gasteiger partial charge in [0.2, 0.25) is 0 Å². The second-order valence-corrected chi connectivity index (χ2v) is 8.41. The Morgan fingerprint density at radius 1 is 1.26 bits per heavy atom. The van der Waals surface area contributed by atoms with E-state index in [1.165, 1.54) is 12.1 Å². The minimum Gasteiger partial charge on any atom is -0.444 e. The molecule has 0 spiro atoms. The first-order valence-electron chi connectivity index (χ1n) is 8.67. The van der Waals surface area contributed by atoms with Gasteiger partial charge in [-0.15, -0.1) is 13.2 Å². The molecule has 27 heavy (non-hydrogen) atoms. The molecule has 1 N–H and O–H groups in total. The molecule has 1 amide bonds. The van der Waals surface area contributed by atoms with E-state index in [-0.39, 0.29) is 11.8 Å². The fourth-order valence-corrected chi connectivity index (χ4v) is 3.25. The van der Waals surface area contributed by atoms with E-state index in [1.807, 2.05) is 4.90 Å². The van der Waals surface area contributed by atoms with Gasteiger partial charge in [-0.2, -0.15) is 0 Å². The number of halogens is 4. The molecule has 1 aliphatic rings. The van der Waals surface area contributed by atoms with Crippen LogP contribution in [0, 0.1) is 0 Å². The average molecular weight is 453 g/mol. The van der Waals surface area contributed by atoms with Gasteiger partial charge in [0.1, 0.15) is 11.4 Å². The van der Waals surface area contributed by atoms with E-state index in [9.17, 15) is 18.0 Å². The first-order valence-corrected chi connectivity index (χ1v) is 9.46. The number of likely N-dealkylation sites (tertiary alicyclic amines) is 1. The van der Waals surface area contributed by atoms with Crippen LogP contribution in [0.15, 0.2) is 22.7 Å². The Labute approximate surface area is 165 Å². The normalized spacial score (nSPS) is 16.9. The van der Waals surface area contributed by atoms with Crippen molar-refractivity contribution < 1.29 is 27.4 Å². The van der Waals surface area contributed by atoms with E-state index < -0.39 is 18.1 Å². The Bertz CT molecular complexity index is 654. The number of hydrogen-bond acceptors (Lipinski definition) is 4. The Morgan fingerprint density at radius 2 is 1.89 bits per heavy atom. The third-order valence-corrected chi connectivity index (χ3v) is 4.44. The van der Waals surface area contributed by atoms with Crippen molar-refractivity contribution in [3.05, 3.63) is 28.2 Å². The number of hydrogen-bond donors (Lipinski definition) is 1. The lowest BCUT2D eigenvalue weighted by Crippen LogP contribution is -2.45. The lowest BCUT2D eigenvalue weighted by molar-refractivity contribution is -0.275. The summed E-state index contributed by atoms with van der Waals surface area (Å²) >= 11 is 3.28. The Kier molecular flexibility index (Phi) is 7.02. The van der Waals surface area contributed by atoms with Crippen LogP contribution in [0.4, 0.5) is 18.0 Å². The SMILES string of the molecule is CC(C)(C)OC(=O)NC1CCN(Cc2cc(Br)ccc2OC(F)(F)F)CC1. The number of benzene rings is 1. The minimum absolute atomic E-state index is 0.00972. The molecule has 0 radical (unpaired) electrons. The summed E-state index contributed by atoms with van der Waals surface area (Å²) in [5.74, 6) is -0.195. The van der Waals surface area contributed by atoms with Gasteiger partial charge in [-0.1, -0.05) is 15.9 Å². The summed E-state index contributed by atoms with van der Waals surface area (Å²) in [6.07, 6.45) is -3.79. The molecular weight excluding hydrogens is 429 g/mol. The Hall–Kier alpha value is -1.48. The van der Waals surface area contributed by atoms with Gasteiger partial charge in [0.25, 0.3) is 0 Å². The van der Waals surface area contributed by atoms with Gasteiger partial charge < -0.3 is 14.8 Å². The van der Waals surface area contributed by atoms with Crippen LogP contribution in [-0.2, 0) is 11.3 Å². The summed E-state index contributed by atoms with van der Waals surface area (Å²) < 4.78 is 47.8. The highest BCUT2D eigenvalue weighted by molar-refractivity contribution is 9.10. The van der Waals surface area contributed by atoms with Gasteiger partial charge in [0.15, 0.2) is 0 Å². The number of carbonyl (C=O) groups is 1. The molecule has 0 aromatic heterocycles. The van der Waals surface area contributed by atoms with Crippen molar-refractivity contribution in [1.29, 1.82) is 0 Å². The molecule has 1 heterocycles. The largest absolute Gasteiger partial charge is 0.573 e. The number of nitrogens with zero attached hydrogens (tertiary/aromatic N) is 1. The molecule has 0 atom stereocenters. The van der Waals surface area contributed by atoms with Crippen molar-refractivity contribution in [1.82, 2.24) is 10.2 Å². The second-order valence-electron chi connectivity index (χ2n) is 7.50. The molecule has 1 saturated heterocycles. The molecule has 0 saturated carbocycles. The minimum atomic E-state index is -4.73. The number of ether oxygens (including phenoxy) is 2. The van der Waals surface area contributed by atoms with Crippen molar-refractivity contribution in [2.45, 2.75) is 58.2 Å². The second kappa shape index (κ2) is 8.68. The first-order chi connectivity index (χ1) is 12.4. The van der Waals surface area contributed by atoms with Crippen LogP contribution in [0.2, 0.25) is 0 Å². The zero-order valence-corrected chi connectivity index (χ0v) is 17.1. The van der Waals surface area contributed by atoms with Gasteiger partial charge in [-0.05, 0) is 51.8 Å². The fraction of sp³-hybridized carbons (Fsp3) is 0.611. The first kappa shape index (κ1) is 21.8. The number of rotatable bonds is 4. The monoisotopic (exact) mass is 452 g/mol. The molecular formula is C18H24BrF3N2O3. The molecule has 9 heteroatoms. The molecule has 152 valence electrons. The molecule has 1 aliphatic heterocycles. The van der Waals surface area contributed by atoms with Crippen LogP contribution in [0.3, 0.4) is 0 Å². The van der Waals surface area contributed by atoms with Gasteiger partial charge in [0, 0.05) is 35.7 Å². The summed E-state index contributed by atoms with van der Waals surface area (Å²) in [7, 11) is 0. The van der Waals surface area contributed by atoms with Crippen LogP contribution < -0.4 is 10.1 Å². The van der Waals surface area contributed by atoms with Crippen LogP contribution in [0.25, 0.3) is 0 Å². The van der Waals surface area contributed by atoms with Gasteiger partial charge in [0.05, 0.1) is 0 Å². The van der Waals surface area contributed by atoms with E-state index >= 15 is 0 Å². The number of carbonyl (C=O) groups excluding carboxylic acids is 1. The Morgan fingerprint density at radius 3 is 2.44 bits per heavy atom. The van der Waals surface area contributed by atoms with E-state index in [0.717, 1.165) is 0 Å². The molecule has 0 bridgehead atoms. The number of nitrogens with one attached hydrogen (secondary N) is 1. The van der Waals surface area contributed by atoms with E-state index in [0.29, 0.717) is 42.5 Å². The smallest absolute Gasteiger partial charge is 0.444 e. The summed E-state index contributed by atoms with van der Waals surface area (Å²) in [5.41, 5.74) is -0.0966. The van der Waals surface area contributed by atoms with Crippen molar-refractivity contribution in [2.75, 3.05) is 13.1 Å². The third-order valence-electron chi connectivity index (χ3n) is 3.95. The number of alkyl carbamates (subject to hydrolysis) is 1. The lowest BCUT2D eigenvalue weighted by atomic mass is 10.0. The molecule has 1 fully saturated rings. The highest BCUT2D eigenvalue weighted by atomic mass is 79.9. The zero-order chi connectivity index (χ0) is 20.2. The topological polar surface area (TPSA) is 50.8 Å². The molecule has 2 rings (SSSR count). The number of piperidine rings is 1. The molecule has 5 nitrogen and oxygen atoms in total. The highest BCUT2D eigenvalue weighted by Gasteiger charge is 2.32. The predicted octanol–water partition coefficient (Wildman–Crippen LogP) is 4.84. The van der Waals surface area contributed by atoms with Crippen molar-refractivity contribution in [2.24, 2.45) is 0 Å². The maximum atomic E-state index is 12.6. The van der Waals surface area contributed by atoms with Gasteiger partial charge in [-0.3, -0.25) is 4.90 Å². The van der Waals surface area contributed by atoms with E-state index in [1.54, 1.807) is 26.8 Å². The van der Waals surface area contributed by atoms with Crippen molar-refractivity contribution in [3.8, 4) is 5.75 Å². The lowest BCUT2D eigenvalue weighted by Gasteiger charge is -2.33. The summed E-state index contributed by atoms with van der Waals surface area (Å²) in [5, 5.41) is 2.84. The summed E-state index contributed by atoms with van der Waals surface area (Å²) in [4.78, 5) is 13.9. The molecule has 1 aromatic carbocycles. The molecule has 0 unspecified atom stereocenters. The summed E-state index contributed by atoms with van der Waals surface area (Å²) in [6.45, 7) is 7.04. The van der Waals surface area contributed by atoms with Crippen LogP contribution >= 0.6 is 15.9 Å².